The predicted molar refractivity (Wildman–Crippen MR) is 51.8 cm³/mol. The van der Waals surface area contributed by atoms with Crippen molar-refractivity contribution in [3.05, 3.63) is 29.3 Å². The predicted octanol–water partition coefficient (Wildman–Crippen LogP) is 1.25. The second-order valence-corrected chi connectivity index (χ2v) is 3.18. The molecule has 0 fully saturated rings. The van der Waals surface area contributed by atoms with E-state index in [0.29, 0.717) is 5.56 Å². The summed E-state index contributed by atoms with van der Waals surface area (Å²) in [6.07, 6.45) is -4.39. The minimum Gasteiger partial charge on any atom is -0.398 e. The molecule has 84 valence electrons. The number of nitrogens with two attached hydrogens (primary N) is 3. The van der Waals surface area contributed by atoms with Crippen LogP contribution in [0.25, 0.3) is 0 Å². The average Bonchev–Trinajstić information content (AvgIpc) is 2.15. The zero-order valence-electron chi connectivity index (χ0n) is 7.88. The van der Waals surface area contributed by atoms with E-state index in [0.717, 1.165) is 12.1 Å². The number of rotatable bonds is 2. The maximum Gasteiger partial charge on any atom is 0.416 e. The van der Waals surface area contributed by atoms with E-state index >= 15 is 0 Å². The standard InChI is InChI=1S/C9H12F3N3/c10-9(11,12)5-1-2-6(7(14)3-5)8(15)4-13/h1-3,8H,4,13-15H2/t8-/m1/s1. The number of anilines is 1. The van der Waals surface area contributed by atoms with Gasteiger partial charge in [-0.25, -0.2) is 0 Å². The molecule has 0 aromatic heterocycles. The van der Waals surface area contributed by atoms with E-state index in [2.05, 4.69) is 0 Å². The summed E-state index contributed by atoms with van der Waals surface area (Å²) in [7, 11) is 0. The van der Waals surface area contributed by atoms with Gasteiger partial charge in [-0.15, -0.1) is 0 Å². The van der Waals surface area contributed by atoms with Crippen LogP contribution in [0.5, 0.6) is 0 Å². The molecule has 0 saturated carbocycles. The van der Waals surface area contributed by atoms with Crippen molar-refractivity contribution in [2.24, 2.45) is 11.5 Å². The van der Waals surface area contributed by atoms with Crippen LogP contribution in [-0.4, -0.2) is 6.54 Å². The molecule has 6 N–H and O–H groups in total. The number of hydrogen-bond donors (Lipinski definition) is 3. The Morgan fingerprint density at radius 2 is 1.87 bits per heavy atom. The maximum absolute atomic E-state index is 12.3. The van der Waals surface area contributed by atoms with Gasteiger partial charge in [0, 0.05) is 18.3 Å². The number of nitrogen functional groups attached to an aromatic ring is 1. The van der Waals surface area contributed by atoms with Crippen LogP contribution in [0, 0.1) is 0 Å². The molecule has 0 radical (unpaired) electrons. The number of hydrogen-bond acceptors (Lipinski definition) is 3. The molecular formula is C9H12F3N3. The summed E-state index contributed by atoms with van der Waals surface area (Å²) < 4.78 is 36.8. The molecule has 1 aromatic carbocycles. The highest BCUT2D eigenvalue weighted by Crippen LogP contribution is 2.32. The highest BCUT2D eigenvalue weighted by atomic mass is 19.4. The van der Waals surface area contributed by atoms with Crippen molar-refractivity contribution in [3.63, 3.8) is 0 Å². The molecule has 6 heteroatoms. The average molecular weight is 219 g/mol. The first-order valence-corrected chi connectivity index (χ1v) is 4.28. The van der Waals surface area contributed by atoms with Crippen LogP contribution in [0.3, 0.4) is 0 Å². The smallest absolute Gasteiger partial charge is 0.398 e. The topological polar surface area (TPSA) is 78.1 Å². The lowest BCUT2D eigenvalue weighted by Crippen LogP contribution is -2.22. The van der Waals surface area contributed by atoms with Crippen LogP contribution in [0.15, 0.2) is 18.2 Å². The first-order chi connectivity index (χ1) is 6.86. The number of halogens is 3. The van der Waals surface area contributed by atoms with E-state index in [-0.39, 0.29) is 12.2 Å². The van der Waals surface area contributed by atoms with Crippen molar-refractivity contribution in [3.8, 4) is 0 Å². The highest BCUT2D eigenvalue weighted by molar-refractivity contribution is 5.51. The molecule has 0 aliphatic carbocycles. The van der Waals surface area contributed by atoms with E-state index in [9.17, 15) is 13.2 Å². The van der Waals surface area contributed by atoms with Crippen LogP contribution >= 0.6 is 0 Å². The normalized spacial score (nSPS) is 13.9. The Hall–Kier alpha value is -1.27. The Kier molecular flexibility index (Phi) is 3.21. The van der Waals surface area contributed by atoms with Crippen molar-refractivity contribution in [2.45, 2.75) is 12.2 Å². The monoisotopic (exact) mass is 219 g/mol. The second-order valence-electron chi connectivity index (χ2n) is 3.18. The zero-order chi connectivity index (χ0) is 11.6. The maximum atomic E-state index is 12.3. The third-order valence-corrected chi connectivity index (χ3v) is 2.07. The van der Waals surface area contributed by atoms with Crippen LogP contribution in [0.1, 0.15) is 17.2 Å². The summed E-state index contributed by atoms with van der Waals surface area (Å²) in [5.41, 5.74) is 16.0. The van der Waals surface area contributed by atoms with Gasteiger partial charge in [-0.05, 0) is 17.7 Å². The number of alkyl halides is 3. The molecule has 0 bridgehead atoms. The van der Waals surface area contributed by atoms with Crippen LogP contribution in [0.2, 0.25) is 0 Å². The quantitative estimate of drug-likeness (QED) is 0.655. The number of benzene rings is 1. The Balaban J connectivity index is 3.09. The fourth-order valence-electron chi connectivity index (χ4n) is 1.22. The van der Waals surface area contributed by atoms with Gasteiger partial charge in [0.2, 0.25) is 0 Å². The van der Waals surface area contributed by atoms with Gasteiger partial charge in [0.05, 0.1) is 5.56 Å². The molecule has 1 aromatic rings. The minimum atomic E-state index is -4.39. The molecule has 0 spiro atoms. The summed E-state index contributed by atoms with van der Waals surface area (Å²) in [5, 5.41) is 0. The van der Waals surface area contributed by atoms with Crippen LogP contribution < -0.4 is 17.2 Å². The van der Waals surface area contributed by atoms with Gasteiger partial charge in [-0.1, -0.05) is 6.07 Å². The van der Waals surface area contributed by atoms with E-state index in [4.69, 9.17) is 17.2 Å². The van der Waals surface area contributed by atoms with Gasteiger partial charge in [0.1, 0.15) is 0 Å². The fourth-order valence-corrected chi connectivity index (χ4v) is 1.22. The lowest BCUT2D eigenvalue weighted by atomic mass is 10.0. The van der Waals surface area contributed by atoms with Crippen LogP contribution in [-0.2, 0) is 6.18 Å². The van der Waals surface area contributed by atoms with Gasteiger partial charge in [-0.2, -0.15) is 13.2 Å². The SMILES string of the molecule is NC[C@@H](N)c1ccc(C(F)(F)F)cc1N. The molecule has 1 atom stereocenters. The molecule has 0 amide bonds. The Morgan fingerprint density at radius 1 is 1.27 bits per heavy atom. The third kappa shape index (κ3) is 2.60. The van der Waals surface area contributed by atoms with Gasteiger partial charge < -0.3 is 17.2 Å². The van der Waals surface area contributed by atoms with Crippen LogP contribution in [0.4, 0.5) is 18.9 Å². The summed E-state index contributed by atoms with van der Waals surface area (Å²) >= 11 is 0. The van der Waals surface area contributed by atoms with Gasteiger partial charge >= 0.3 is 6.18 Å². The fraction of sp³-hybridized carbons (Fsp3) is 0.333. The van der Waals surface area contributed by atoms with Crippen molar-refractivity contribution >= 4 is 5.69 Å². The summed E-state index contributed by atoms with van der Waals surface area (Å²) in [6, 6.07) is 2.54. The lowest BCUT2D eigenvalue weighted by Gasteiger charge is -2.14. The van der Waals surface area contributed by atoms with Crippen molar-refractivity contribution in [1.82, 2.24) is 0 Å². The van der Waals surface area contributed by atoms with Crippen molar-refractivity contribution in [1.29, 1.82) is 0 Å². The molecular weight excluding hydrogens is 207 g/mol. The zero-order valence-corrected chi connectivity index (χ0v) is 7.88. The Labute approximate surface area is 85.0 Å². The summed E-state index contributed by atoms with van der Waals surface area (Å²) in [4.78, 5) is 0. The Bertz CT molecular complexity index is 349. The molecule has 0 aliphatic rings. The highest BCUT2D eigenvalue weighted by Gasteiger charge is 2.30. The molecule has 0 heterocycles. The molecule has 0 unspecified atom stereocenters. The first-order valence-electron chi connectivity index (χ1n) is 4.28. The molecule has 0 aliphatic heterocycles. The van der Waals surface area contributed by atoms with Gasteiger partial charge in [-0.3, -0.25) is 0 Å². The molecule has 0 saturated heterocycles. The summed E-state index contributed by atoms with van der Waals surface area (Å²) in [5.74, 6) is 0. The lowest BCUT2D eigenvalue weighted by molar-refractivity contribution is -0.137. The van der Waals surface area contributed by atoms with E-state index in [1.54, 1.807) is 0 Å². The van der Waals surface area contributed by atoms with E-state index in [1.165, 1.54) is 6.07 Å². The third-order valence-electron chi connectivity index (χ3n) is 2.07. The first kappa shape index (κ1) is 11.8. The van der Waals surface area contributed by atoms with Crippen molar-refractivity contribution in [2.75, 3.05) is 12.3 Å². The molecule has 1 rings (SSSR count). The van der Waals surface area contributed by atoms with Crippen molar-refractivity contribution < 1.29 is 13.2 Å². The van der Waals surface area contributed by atoms with Gasteiger partial charge in [0.15, 0.2) is 0 Å². The second kappa shape index (κ2) is 4.08. The van der Waals surface area contributed by atoms with Gasteiger partial charge in [0.25, 0.3) is 0 Å². The van der Waals surface area contributed by atoms with E-state index < -0.39 is 17.8 Å². The minimum absolute atomic E-state index is 0.0165. The summed E-state index contributed by atoms with van der Waals surface area (Å²) in [6.45, 7) is 0.134. The Morgan fingerprint density at radius 3 is 2.27 bits per heavy atom. The van der Waals surface area contributed by atoms with E-state index in [1.807, 2.05) is 0 Å². The largest absolute Gasteiger partial charge is 0.416 e. The molecule has 15 heavy (non-hydrogen) atoms. The molecule has 3 nitrogen and oxygen atoms in total.